The molecule has 2 aliphatic heterocycles. The lowest BCUT2D eigenvalue weighted by Crippen LogP contribution is -2.48. The van der Waals surface area contributed by atoms with E-state index in [9.17, 15) is 4.79 Å². The van der Waals surface area contributed by atoms with Gasteiger partial charge in [-0.25, -0.2) is 0 Å². The van der Waals surface area contributed by atoms with Gasteiger partial charge in [-0.3, -0.25) is 4.79 Å². The molecule has 0 aliphatic carbocycles. The standard InChI is InChI=1S/C12H22N2O2/c1-12(3-5-13-6-4-12)11(15)14-7-2-9-16-10-8-14/h13H,2-10H2,1H3. The van der Waals surface area contributed by atoms with Crippen molar-refractivity contribution in [2.24, 2.45) is 5.41 Å². The van der Waals surface area contributed by atoms with Crippen LogP contribution in [-0.4, -0.2) is 50.2 Å². The van der Waals surface area contributed by atoms with Gasteiger partial charge >= 0.3 is 0 Å². The van der Waals surface area contributed by atoms with Gasteiger partial charge in [-0.1, -0.05) is 6.92 Å². The van der Waals surface area contributed by atoms with Crippen molar-refractivity contribution in [2.45, 2.75) is 26.2 Å². The molecule has 0 unspecified atom stereocenters. The summed E-state index contributed by atoms with van der Waals surface area (Å²) >= 11 is 0. The first kappa shape index (κ1) is 11.9. The Bertz CT molecular complexity index is 241. The Morgan fingerprint density at radius 3 is 2.75 bits per heavy atom. The first-order valence-electron chi connectivity index (χ1n) is 6.30. The van der Waals surface area contributed by atoms with Gasteiger partial charge in [0.2, 0.25) is 5.91 Å². The second-order valence-electron chi connectivity index (χ2n) is 5.07. The average molecular weight is 226 g/mol. The van der Waals surface area contributed by atoms with Crippen LogP contribution in [0.3, 0.4) is 0 Å². The van der Waals surface area contributed by atoms with Crippen molar-refractivity contribution < 1.29 is 9.53 Å². The molecule has 16 heavy (non-hydrogen) atoms. The van der Waals surface area contributed by atoms with Crippen molar-refractivity contribution in [3.63, 3.8) is 0 Å². The second kappa shape index (κ2) is 5.15. The zero-order valence-corrected chi connectivity index (χ0v) is 10.1. The Kier molecular flexibility index (Phi) is 3.82. The van der Waals surface area contributed by atoms with E-state index >= 15 is 0 Å². The minimum Gasteiger partial charge on any atom is -0.380 e. The van der Waals surface area contributed by atoms with Crippen LogP contribution in [0.5, 0.6) is 0 Å². The van der Waals surface area contributed by atoms with E-state index < -0.39 is 0 Å². The first-order valence-corrected chi connectivity index (χ1v) is 6.30. The van der Waals surface area contributed by atoms with Gasteiger partial charge < -0.3 is 15.0 Å². The summed E-state index contributed by atoms with van der Waals surface area (Å²) in [5.74, 6) is 0.333. The molecule has 0 aromatic carbocycles. The second-order valence-corrected chi connectivity index (χ2v) is 5.07. The molecule has 0 bridgehead atoms. The molecule has 4 heteroatoms. The van der Waals surface area contributed by atoms with Crippen LogP contribution < -0.4 is 5.32 Å². The van der Waals surface area contributed by atoms with E-state index in [-0.39, 0.29) is 5.41 Å². The van der Waals surface area contributed by atoms with Crippen LogP contribution in [0, 0.1) is 5.41 Å². The van der Waals surface area contributed by atoms with Gasteiger partial charge in [-0.05, 0) is 32.4 Å². The third kappa shape index (κ3) is 2.55. The number of rotatable bonds is 1. The monoisotopic (exact) mass is 226 g/mol. The Balaban J connectivity index is 1.98. The summed E-state index contributed by atoms with van der Waals surface area (Å²) in [4.78, 5) is 14.5. The largest absolute Gasteiger partial charge is 0.380 e. The molecule has 0 aromatic rings. The van der Waals surface area contributed by atoms with Gasteiger partial charge in [0.05, 0.1) is 6.61 Å². The Hall–Kier alpha value is -0.610. The first-order chi connectivity index (χ1) is 7.72. The van der Waals surface area contributed by atoms with Crippen molar-refractivity contribution in [3.8, 4) is 0 Å². The van der Waals surface area contributed by atoms with Crippen LogP contribution in [0.2, 0.25) is 0 Å². The number of hydrogen-bond acceptors (Lipinski definition) is 3. The highest BCUT2D eigenvalue weighted by atomic mass is 16.5. The van der Waals surface area contributed by atoms with Crippen molar-refractivity contribution in [3.05, 3.63) is 0 Å². The van der Waals surface area contributed by atoms with Gasteiger partial charge in [0.25, 0.3) is 0 Å². The molecule has 0 saturated carbocycles. The lowest BCUT2D eigenvalue weighted by atomic mass is 9.79. The molecular formula is C12H22N2O2. The van der Waals surface area contributed by atoms with Crippen molar-refractivity contribution in [1.29, 1.82) is 0 Å². The lowest BCUT2D eigenvalue weighted by Gasteiger charge is -2.36. The van der Waals surface area contributed by atoms with E-state index in [1.54, 1.807) is 0 Å². The zero-order valence-electron chi connectivity index (χ0n) is 10.1. The Morgan fingerprint density at radius 1 is 1.25 bits per heavy atom. The molecule has 0 atom stereocenters. The van der Waals surface area contributed by atoms with Gasteiger partial charge in [0.1, 0.15) is 0 Å². The summed E-state index contributed by atoms with van der Waals surface area (Å²) in [6, 6.07) is 0. The molecule has 0 spiro atoms. The summed E-state index contributed by atoms with van der Waals surface area (Å²) in [6.45, 7) is 7.16. The number of piperidine rings is 1. The highest BCUT2D eigenvalue weighted by Crippen LogP contribution is 2.30. The van der Waals surface area contributed by atoms with E-state index in [0.717, 1.165) is 52.0 Å². The molecule has 2 rings (SSSR count). The smallest absolute Gasteiger partial charge is 0.228 e. The predicted molar refractivity (Wildman–Crippen MR) is 62.2 cm³/mol. The Labute approximate surface area is 97.3 Å². The number of carbonyl (C=O) groups is 1. The number of carbonyl (C=O) groups excluding carboxylic acids is 1. The quantitative estimate of drug-likeness (QED) is 0.713. The lowest BCUT2D eigenvalue weighted by molar-refractivity contribution is -0.142. The summed E-state index contributed by atoms with van der Waals surface area (Å²) in [6.07, 6.45) is 2.90. The maximum Gasteiger partial charge on any atom is 0.228 e. The SMILES string of the molecule is CC1(C(=O)N2CCCOCC2)CCNCC1. The van der Waals surface area contributed by atoms with E-state index in [1.165, 1.54) is 0 Å². The summed E-state index contributed by atoms with van der Waals surface area (Å²) in [5.41, 5.74) is -0.143. The Morgan fingerprint density at radius 2 is 2.00 bits per heavy atom. The molecule has 0 aromatic heterocycles. The van der Waals surface area contributed by atoms with Crippen LogP contribution in [0.15, 0.2) is 0 Å². The van der Waals surface area contributed by atoms with Crippen LogP contribution >= 0.6 is 0 Å². The molecule has 2 saturated heterocycles. The number of nitrogens with one attached hydrogen (secondary N) is 1. The van der Waals surface area contributed by atoms with Crippen LogP contribution in [0.1, 0.15) is 26.2 Å². The molecule has 0 radical (unpaired) electrons. The van der Waals surface area contributed by atoms with E-state index in [0.29, 0.717) is 12.5 Å². The highest BCUT2D eigenvalue weighted by molar-refractivity contribution is 5.82. The fraction of sp³-hybridized carbons (Fsp3) is 0.917. The molecule has 2 fully saturated rings. The minimum absolute atomic E-state index is 0.143. The van der Waals surface area contributed by atoms with Crippen LogP contribution in [0.4, 0.5) is 0 Å². The van der Waals surface area contributed by atoms with E-state index in [4.69, 9.17) is 4.74 Å². The number of amides is 1. The van der Waals surface area contributed by atoms with Gasteiger partial charge in [-0.15, -0.1) is 0 Å². The maximum absolute atomic E-state index is 12.5. The van der Waals surface area contributed by atoms with Crippen LogP contribution in [-0.2, 0) is 9.53 Å². The molecule has 92 valence electrons. The summed E-state index contributed by atoms with van der Waals surface area (Å²) < 4.78 is 5.39. The molecule has 2 aliphatic rings. The molecular weight excluding hydrogens is 204 g/mol. The third-order valence-corrected chi connectivity index (χ3v) is 3.73. The molecule has 1 N–H and O–H groups in total. The third-order valence-electron chi connectivity index (χ3n) is 3.73. The predicted octanol–water partition coefficient (Wildman–Crippen LogP) is 0.625. The normalized spacial score (nSPS) is 26.2. The maximum atomic E-state index is 12.5. The van der Waals surface area contributed by atoms with Gasteiger partial charge in [-0.2, -0.15) is 0 Å². The summed E-state index contributed by atoms with van der Waals surface area (Å²) in [5, 5.41) is 3.31. The topological polar surface area (TPSA) is 41.6 Å². The van der Waals surface area contributed by atoms with Gasteiger partial charge in [0, 0.05) is 25.1 Å². The van der Waals surface area contributed by atoms with E-state index in [2.05, 4.69) is 12.2 Å². The average Bonchev–Trinajstić information content (AvgIpc) is 2.57. The van der Waals surface area contributed by atoms with E-state index in [1.807, 2.05) is 4.90 Å². The highest BCUT2D eigenvalue weighted by Gasteiger charge is 2.37. The van der Waals surface area contributed by atoms with Crippen molar-refractivity contribution in [1.82, 2.24) is 10.2 Å². The molecule has 4 nitrogen and oxygen atoms in total. The summed E-state index contributed by atoms with van der Waals surface area (Å²) in [7, 11) is 0. The van der Waals surface area contributed by atoms with Crippen LogP contribution in [0.25, 0.3) is 0 Å². The fourth-order valence-corrected chi connectivity index (χ4v) is 2.52. The number of hydrogen-bond donors (Lipinski definition) is 1. The number of ether oxygens (including phenoxy) is 1. The minimum atomic E-state index is -0.143. The molecule has 1 amide bonds. The number of nitrogens with zero attached hydrogens (tertiary/aromatic N) is 1. The van der Waals surface area contributed by atoms with Crippen molar-refractivity contribution >= 4 is 5.91 Å². The fourth-order valence-electron chi connectivity index (χ4n) is 2.52. The van der Waals surface area contributed by atoms with Gasteiger partial charge in [0.15, 0.2) is 0 Å². The van der Waals surface area contributed by atoms with Crippen molar-refractivity contribution in [2.75, 3.05) is 39.4 Å². The molecule has 2 heterocycles. The zero-order chi connectivity index (χ0) is 11.4.